The first-order valence-corrected chi connectivity index (χ1v) is 5.57. The van der Waals surface area contributed by atoms with Crippen LogP contribution in [0.25, 0.3) is 4.85 Å². The second-order valence-corrected chi connectivity index (χ2v) is 4.70. The maximum Gasteiger partial charge on any atom is 0.214 e. The van der Waals surface area contributed by atoms with Gasteiger partial charge < -0.3 is 4.85 Å². The van der Waals surface area contributed by atoms with Crippen molar-refractivity contribution in [1.82, 2.24) is 0 Å². The summed E-state index contributed by atoms with van der Waals surface area (Å²) in [5.74, 6) is 2.69. The van der Waals surface area contributed by atoms with Crippen molar-refractivity contribution in [2.45, 2.75) is 46.0 Å². The van der Waals surface area contributed by atoms with Crippen LogP contribution in [0.1, 0.15) is 46.0 Å². The van der Waals surface area contributed by atoms with Crippen molar-refractivity contribution in [2.24, 2.45) is 17.8 Å². The van der Waals surface area contributed by atoms with Crippen LogP contribution < -0.4 is 0 Å². The third kappa shape index (κ3) is 3.38. The molecule has 0 heterocycles. The van der Waals surface area contributed by atoms with Gasteiger partial charge in [0.15, 0.2) is 0 Å². The Labute approximate surface area is 82.4 Å². The fourth-order valence-electron chi connectivity index (χ4n) is 2.39. The van der Waals surface area contributed by atoms with E-state index in [1.165, 1.54) is 25.7 Å². The molecule has 0 spiro atoms. The van der Waals surface area contributed by atoms with Crippen molar-refractivity contribution in [3.05, 3.63) is 11.4 Å². The van der Waals surface area contributed by atoms with Gasteiger partial charge in [-0.05, 0) is 43.4 Å². The minimum absolute atomic E-state index is 0.747. The van der Waals surface area contributed by atoms with Crippen LogP contribution in [-0.2, 0) is 0 Å². The molecule has 0 aromatic heterocycles. The molecule has 74 valence electrons. The fourth-order valence-corrected chi connectivity index (χ4v) is 2.39. The summed E-state index contributed by atoms with van der Waals surface area (Å²) in [4.78, 5) is 3.43. The van der Waals surface area contributed by atoms with Gasteiger partial charge in [0.25, 0.3) is 0 Å². The molecule has 1 fully saturated rings. The average molecular weight is 179 g/mol. The minimum Gasteiger partial charge on any atom is -0.317 e. The summed E-state index contributed by atoms with van der Waals surface area (Å²) in [6.07, 6.45) is 6.70. The van der Waals surface area contributed by atoms with Crippen molar-refractivity contribution >= 4 is 0 Å². The van der Waals surface area contributed by atoms with Crippen LogP contribution in [0, 0.1) is 24.3 Å². The van der Waals surface area contributed by atoms with Crippen molar-refractivity contribution in [2.75, 3.05) is 6.54 Å². The normalized spacial score (nSPS) is 28.8. The number of nitrogens with zero attached hydrogens (tertiary/aromatic N) is 1. The van der Waals surface area contributed by atoms with E-state index in [2.05, 4.69) is 18.7 Å². The zero-order valence-corrected chi connectivity index (χ0v) is 8.92. The highest BCUT2D eigenvalue weighted by molar-refractivity contribution is 4.76. The summed E-state index contributed by atoms with van der Waals surface area (Å²) in [6.45, 7) is 12.2. The van der Waals surface area contributed by atoms with Crippen LogP contribution in [0.15, 0.2) is 0 Å². The summed E-state index contributed by atoms with van der Waals surface area (Å²) < 4.78 is 0. The predicted molar refractivity (Wildman–Crippen MR) is 56.4 cm³/mol. The molecule has 1 heteroatoms. The molecule has 1 nitrogen and oxygen atoms in total. The van der Waals surface area contributed by atoms with Crippen LogP contribution >= 0.6 is 0 Å². The molecule has 13 heavy (non-hydrogen) atoms. The minimum atomic E-state index is 0.747. The van der Waals surface area contributed by atoms with Gasteiger partial charge in [-0.3, -0.25) is 0 Å². The highest BCUT2D eigenvalue weighted by Gasteiger charge is 2.23. The van der Waals surface area contributed by atoms with E-state index in [1.54, 1.807) is 0 Å². The van der Waals surface area contributed by atoms with Gasteiger partial charge in [0.2, 0.25) is 6.54 Å². The summed E-state index contributed by atoms with van der Waals surface area (Å²) in [5.41, 5.74) is 0. The summed E-state index contributed by atoms with van der Waals surface area (Å²) in [5, 5.41) is 0. The molecular formula is C12H21N. The van der Waals surface area contributed by atoms with Crippen LogP contribution in [0.2, 0.25) is 0 Å². The first kappa shape index (κ1) is 10.6. The van der Waals surface area contributed by atoms with Crippen molar-refractivity contribution in [3.63, 3.8) is 0 Å². The zero-order valence-electron chi connectivity index (χ0n) is 8.92. The fraction of sp³-hybridized carbons (Fsp3) is 0.917. The monoisotopic (exact) mass is 179 g/mol. The molecule has 0 unspecified atom stereocenters. The third-order valence-electron chi connectivity index (χ3n) is 3.48. The Bertz CT molecular complexity index is 170. The lowest BCUT2D eigenvalue weighted by Gasteiger charge is -2.29. The van der Waals surface area contributed by atoms with E-state index in [0.29, 0.717) is 0 Å². The first-order valence-electron chi connectivity index (χ1n) is 5.57. The van der Waals surface area contributed by atoms with Gasteiger partial charge in [0, 0.05) is 6.42 Å². The third-order valence-corrected chi connectivity index (χ3v) is 3.48. The molecule has 1 aliphatic rings. The predicted octanol–water partition coefficient (Wildman–Crippen LogP) is 3.76. The first-order chi connectivity index (χ1) is 6.24. The van der Waals surface area contributed by atoms with Crippen molar-refractivity contribution < 1.29 is 0 Å². The molecule has 0 aromatic carbocycles. The van der Waals surface area contributed by atoms with Crippen LogP contribution in [-0.4, -0.2) is 6.54 Å². The van der Waals surface area contributed by atoms with E-state index in [9.17, 15) is 0 Å². The molecule has 0 aromatic rings. The Morgan fingerprint density at radius 2 is 1.85 bits per heavy atom. The topological polar surface area (TPSA) is 4.36 Å². The average Bonchev–Trinajstić information content (AvgIpc) is 2.15. The zero-order chi connectivity index (χ0) is 9.68. The maximum absolute atomic E-state index is 6.75. The Morgan fingerprint density at radius 3 is 2.31 bits per heavy atom. The van der Waals surface area contributed by atoms with E-state index < -0.39 is 0 Å². The highest BCUT2D eigenvalue weighted by atomic mass is 14.6. The van der Waals surface area contributed by atoms with Crippen molar-refractivity contribution in [3.8, 4) is 0 Å². The van der Waals surface area contributed by atoms with E-state index in [4.69, 9.17) is 6.57 Å². The lowest BCUT2D eigenvalue weighted by atomic mass is 9.76. The van der Waals surface area contributed by atoms with E-state index in [1.807, 2.05) is 0 Å². The molecule has 0 atom stereocenters. The number of hydrogen-bond acceptors (Lipinski definition) is 0. The molecule has 0 N–H and O–H groups in total. The van der Waals surface area contributed by atoms with Gasteiger partial charge in [-0.25, -0.2) is 6.57 Å². The molecular weight excluding hydrogens is 158 g/mol. The Morgan fingerprint density at radius 1 is 1.23 bits per heavy atom. The SMILES string of the molecule is [C-]#[N+]CCC1CCC(C(C)C)CC1. The lowest BCUT2D eigenvalue weighted by Crippen LogP contribution is -2.18. The second kappa shape index (κ2) is 5.27. The molecule has 1 saturated carbocycles. The molecule has 1 rings (SSSR count). The Kier molecular flexibility index (Phi) is 4.28. The van der Waals surface area contributed by atoms with Gasteiger partial charge in [-0.1, -0.05) is 13.8 Å². The maximum atomic E-state index is 6.75. The number of rotatable bonds is 3. The molecule has 0 amide bonds. The largest absolute Gasteiger partial charge is 0.317 e. The van der Waals surface area contributed by atoms with Gasteiger partial charge in [0.1, 0.15) is 0 Å². The molecule has 0 saturated heterocycles. The van der Waals surface area contributed by atoms with Gasteiger partial charge in [0.05, 0.1) is 0 Å². The lowest BCUT2D eigenvalue weighted by molar-refractivity contribution is 0.220. The molecule has 0 bridgehead atoms. The second-order valence-electron chi connectivity index (χ2n) is 4.70. The van der Waals surface area contributed by atoms with Crippen LogP contribution in [0.3, 0.4) is 0 Å². The molecule has 1 aliphatic carbocycles. The van der Waals surface area contributed by atoms with Gasteiger partial charge in [-0.15, -0.1) is 0 Å². The smallest absolute Gasteiger partial charge is 0.214 e. The van der Waals surface area contributed by atoms with Crippen LogP contribution in [0.5, 0.6) is 0 Å². The highest BCUT2D eigenvalue weighted by Crippen LogP contribution is 2.34. The number of hydrogen-bond donors (Lipinski definition) is 0. The van der Waals surface area contributed by atoms with E-state index in [-0.39, 0.29) is 0 Å². The quantitative estimate of drug-likeness (QED) is 0.581. The Hall–Kier alpha value is -0.510. The standard InChI is InChI=1S/C12H21N/c1-10(2)12-6-4-11(5-7-12)8-9-13-3/h10-12H,4-9H2,1-2H3. The summed E-state index contributed by atoms with van der Waals surface area (Å²) in [7, 11) is 0. The van der Waals surface area contributed by atoms with E-state index in [0.717, 1.165) is 30.7 Å². The van der Waals surface area contributed by atoms with Gasteiger partial charge >= 0.3 is 0 Å². The van der Waals surface area contributed by atoms with E-state index >= 15 is 0 Å². The summed E-state index contributed by atoms with van der Waals surface area (Å²) in [6, 6.07) is 0. The summed E-state index contributed by atoms with van der Waals surface area (Å²) >= 11 is 0. The van der Waals surface area contributed by atoms with Gasteiger partial charge in [-0.2, -0.15) is 0 Å². The van der Waals surface area contributed by atoms with Crippen LogP contribution in [0.4, 0.5) is 0 Å². The molecule has 0 radical (unpaired) electrons. The van der Waals surface area contributed by atoms with Crippen molar-refractivity contribution in [1.29, 1.82) is 0 Å². The Balaban J connectivity index is 2.19. The molecule has 0 aliphatic heterocycles.